The van der Waals surface area contributed by atoms with Gasteiger partial charge in [0.05, 0.1) is 31.4 Å². The summed E-state index contributed by atoms with van der Waals surface area (Å²) in [7, 11) is 2.69. The minimum atomic E-state index is -4.84. The molecule has 0 fully saturated rings. The quantitative estimate of drug-likeness (QED) is 0.236. The van der Waals surface area contributed by atoms with Crippen molar-refractivity contribution in [1.82, 2.24) is 20.6 Å². The highest BCUT2D eigenvalue weighted by molar-refractivity contribution is 6.31. The zero-order valence-corrected chi connectivity index (χ0v) is 27.6. The van der Waals surface area contributed by atoms with E-state index in [1.54, 1.807) is 63.5 Å². The lowest BCUT2D eigenvalue weighted by molar-refractivity contribution is -0.139. The number of carbonyl (C=O) groups excluding carboxylic acids is 2. The first kappa shape index (κ1) is 34.6. The second kappa shape index (κ2) is 13.4. The fourth-order valence-corrected chi connectivity index (χ4v) is 6.25. The van der Waals surface area contributed by atoms with E-state index in [9.17, 15) is 22.8 Å². The second-order valence-electron chi connectivity index (χ2n) is 12.1. The number of alkyl carbamates (subject to hydrolysis) is 1. The lowest BCUT2D eigenvalue weighted by atomic mass is 9.77. The van der Waals surface area contributed by atoms with E-state index < -0.39 is 41.0 Å². The van der Waals surface area contributed by atoms with Crippen LogP contribution in [0.15, 0.2) is 71.4 Å². The van der Waals surface area contributed by atoms with E-state index in [2.05, 4.69) is 20.6 Å². The van der Waals surface area contributed by atoms with Crippen LogP contribution in [0.1, 0.15) is 71.5 Å². The summed E-state index contributed by atoms with van der Waals surface area (Å²) in [4.78, 5) is 31.9. The number of hydrogen-bond acceptors (Lipinski definition) is 9. The lowest BCUT2D eigenvalue weighted by Crippen LogP contribution is -2.47. The van der Waals surface area contributed by atoms with Crippen molar-refractivity contribution < 1.29 is 41.7 Å². The Morgan fingerprint density at radius 2 is 1.85 bits per heavy atom. The molecule has 48 heavy (non-hydrogen) atoms. The van der Waals surface area contributed by atoms with E-state index in [-0.39, 0.29) is 24.3 Å². The van der Waals surface area contributed by atoms with Crippen molar-refractivity contribution in [1.29, 1.82) is 0 Å². The number of dihydropyridines is 1. The highest BCUT2D eigenvalue weighted by atomic mass is 35.5. The molecule has 10 nitrogen and oxygen atoms in total. The van der Waals surface area contributed by atoms with E-state index >= 15 is 0 Å². The molecular formula is C34H34ClF3N4O6. The van der Waals surface area contributed by atoms with Gasteiger partial charge in [-0.1, -0.05) is 29.8 Å². The number of nitrogens with zero attached hydrogens (tertiary/aromatic N) is 2. The molecule has 1 aliphatic heterocycles. The van der Waals surface area contributed by atoms with Crippen molar-refractivity contribution in [3.8, 4) is 11.8 Å². The number of ether oxygens (including phenoxy) is 4. The van der Waals surface area contributed by atoms with Gasteiger partial charge >= 0.3 is 12.3 Å². The molecule has 3 aromatic rings. The zero-order chi connectivity index (χ0) is 34.9. The summed E-state index contributed by atoms with van der Waals surface area (Å²) in [5.41, 5.74) is -0.0351. The number of benzene rings is 1. The summed E-state index contributed by atoms with van der Waals surface area (Å²) in [6.07, 6.45) is -0.323. The summed E-state index contributed by atoms with van der Waals surface area (Å²) < 4.78 is 64.4. The van der Waals surface area contributed by atoms with Crippen LogP contribution < -0.4 is 20.1 Å². The largest absolute Gasteiger partial charge is 0.482 e. The van der Waals surface area contributed by atoms with Gasteiger partial charge < -0.3 is 29.6 Å². The van der Waals surface area contributed by atoms with Crippen molar-refractivity contribution in [3.05, 3.63) is 105 Å². The van der Waals surface area contributed by atoms with E-state index in [0.717, 1.165) is 5.56 Å². The molecule has 1 unspecified atom stereocenters. The molecule has 2 N–H and O–H groups in total. The second-order valence-corrected chi connectivity index (χ2v) is 12.5. The third-order valence-corrected chi connectivity index (χ3v) is 8.26. The van der Waals surface area contributed by atoms with E-state index in [4.69, 9.17) is 30.5 Å². The Bertz CT molecular complexity index is 1770. The topological polar surface area (TPSA) is 121 Å². The molecule has 0 radical (unpaired) electrons. The average molecular weight is 687 g/mol. The molecular weight excluding hydrogens is 653 g/mol. The Balaban J connectivity index is 1.56. The van der Waals surface area contributed by atoms with E-state index in [0.29, 0.717) is 52.1 Å². The number of halogens is 4. The van der Waals surface area contributed by atoms with Gasteiger partial charge in [0.15, 0.2) is 12.2 Å². The smallest absolute Gasteiger partial charge is 0.421 e. The first-order chi connectivity index (χ1) is 22.7. The van der Waals surface area contributed by atoms with Crippen molar-refractivity contribution in [2.45, 2.75) is 57.0 Å². The monoisotopic (exact) mass is 686 g/mol. The van der Waals surface area contributed by atoms with Crippen molar-refractivity contribution >= 4 is 24.0 Å². The summed E-state index contributed by atoms with van der Waals surface area (Å²) in [6, 6.07) is 9.69. The number of rotatable bonds is 9. The van der Waals surface area contributed by atoms with Crippen LogP contribution in [0.4, 0.5) is 18.0 Å². The Labute approximate surface area is 280 Å². The molecule has 1 aromatic carbocycles. The third-order valence-electron chi connectivity index (χ3n) is 7.87. The average Bonchev–Trinajstić information content (AvgIpc) is 3.45. The minimum Gasteiger partial charge on any atom is -0.482 e. The number of methoxy groups -OCH3 is 2. The van der Waals surface area contributed by atoms with Crippen LogP contribution in [0.25, 0.3) is 0 Å². The van der Waals surface area contributed by atoms with Gasteiger partial charge in [-0.15, -0.1) is 0 Å². The molecule has 0 bridgehead atoms. The maximum Gasteiger partial charge on any atom is 0.421 e. The highest BCUT2D eigenvalue weighted by Crippen LogP contribution is 2.49. The Morgan fingerprint density at radius 3 is 2.48 bits per heavy atom. The van der Waals surface area contributed by atoms with Crippen molar-refractivity contribution in [2.24, 2.45) is 0 Å². The van der Waals surface area contributed by atoms with Crippen LogP contribution >= 0.6 is 11.6 Å². The van der Waals surface area contributed by atoms with E-state index in [1.165, 1.54) is 14.2 Å². The number of nitrogens with one attached hydrogen (secondary N) is 2. The number of aldehydes is 1. The number of pyridine rings is 2. The maximum atomic E-state index is 14.1. The molecule has 1 amide bonds. The molecule has 2 aromatic heterocycles. The molecule has 2 atom stereocenters. The summed E-state index contributed by atoms with van der Waals surface area (Å²) >= 11 is 7.18. The molecule has 0 saturated carbocycles. The fourth-order valence-electron chi connectivity index (χ4n) is 5.86. The van der Waals surface area contributed by atoms with Crippen LogP contribution in [0.5, 0.6) is 11.8 Å². The summed E-state index contributed by atoms with van der Waals surface area (Å²) in [6.45, 7) is 5.31. The van der Waals surface area contributed by atoms with Gasteiger partial charge in [-0.05, 0) is 80.1 Å². The predicted octanol–water partition coefficient (Wildman–Crippen LogP) is 6.74. The van der Waals surface area contributed by atoms with Crippen LogP contribution in [-0.2, 0) is 27.6 Å². The molecule has 5 rings (SSSR count). The van der Waals surface area contributed by atoms with Crippen molar-refractivity contribution in [2.75, 3.05) is 20.8 Å². The van der Waals surface area contributed by atoms with Crippen LogP contribution in [0, 0.1) is 0 Å². The summed E-state index contributed by atoms with van der Waals surface area (Å²) in [5.74, 6) is -0.648. The number of amides is 1. The number of carbonyl (C=O) groups is 2. The molecule has 254 valence electrons. The highest BCUT2D eigenvalue weighted by Gasteiger charge is 2.45. The van der Waals surface area contributed by atoms with E-state index in [1.807, 2.05) is 6.07 Å². The van der Waals surface area contributed by atoms with Crippen LogP contribution in [0.3, 0.4) is 0 Å². The van der Waals surface area contributed by atoms with Gasteiger partial charge in [0, 0.05) is 18.0 Å². The molecule has 0 saturated heterocycles. The van der Waals surface area contributed by atoms with Gasteiger partial charge in [0.1, 0.15) is 22.8 Å². The Kier molecular flexibility index (Phi) is 9.63. The minimum absolute atomic E-state index is 0.0391. The number of alkyl halides is 3. The van der Waals surface area contributed by atoms with Gasteiger partial charge in [-0.2, -0.15) is 18.2 Å². The number of hydrogen-bond donors (Lipinski definition) is 2. The molecule has 14 heteroatoms. The number of fused-ring (bicyclic) bond motifs is 1. The molecule has 3 heterocycles. The lowest BCUT2D eigenvalue weighted by Gasteiger charge is -2.41. The standard InChI is InChI=1S/C34H34ClF3N4O6/c1-32(2,3)48-31(44)40-17-19-16-27(35)33(42-29(19)46-5,21-11-13-39-14-12-21)24-8-6-7-23-22(24)9-10-26(23)47-30-25(34(36,37)38)15-20(18-43)28(41-30)45-4/h6-8,11-16,18,26,42H,9-10,17H2,1-5H3,(H,40,44)/t26-,33?/m0/s1. The Morgan fingerprint density at radius 1 is 1.12 bits per heavy atom. The summed E-state index contributed by atoms with van der Waals surface area (Å²) in [5, 5.41) is 6.51. The molecule has 0 spiro atoms. The predicted molar refractivity (Wildman–Crippen MR) is 170 cm³/mol. The van der Waals surface area contributed by atoms with Crippen LogP contribution in [-0.4, -0.2) is 48.7 Å². The normalized spacial score (nSPS) is 19.1. The number of aromatic nitrogens is 2. The SMILES string of the molecule is COC1=C(CNC(=O)OC(C)(C)C)C=C(Cl)C(c2ccncc2)(c2cccc3c2CC[C@@H]3Oc2nc(OC)c(C=O)cc2C(F)(F)F)N1. The molecule has 2 aliphatic rings. The van der Waals surface area contributed by atoms with Crippen LogP contribution in [0.2, 0.25) is 0 Å². The first-order valence-electron chi connectivity index (χ1n) is 14.9. The first-order valence-corrected chi connectivity index (χ1v) is 15.3. The fraction of sp³-hybridized carbons (Fsp3) is 0.353. The van der Waals surface area contributed by atoms with Gasteiger partial charge in [-0.25, -0.2) is 4.79 Å². The van der Waals surface area contributed by atoms with Gasteiger partial charge in [0.25, 0.3) is 0 Å². The van der Waals surface area contributed by atoms with Crippen molar-refractivity contribution in [3.63, 3.8) is 0 Å². The zero-order valence-electron chi connectivity index (χ0n) is 26.8. The van der Waals surface area contributed by atoms with Gasteiger partial charge in [-0.3, -0.25) is 9.78 Å². The van der Waals surface area contributed by atoms with Gasteiger partial charge in [0.2, 0.25) is 11.8 Å². The maximum absolute atomic E-state index is 14.1. The molecule has 1 aliphatic carbocycles. The Hall–Kier alpha value is -4.78. The third kappa shape index (κ3) is 6.77.